The van der Waals surface area contributed by atoms with Gasteiger partial charge in [0.2, 0.25) is 5.91 Å². The zero-order valence-corrected chi connectivity index (χ0v) is 11.5. The van der Waals surface area contributed by atoms with Gasteiger partial charge in [-0.05, 0) is 25.3 Å². The van der Waals surface area contributed by atoms with E-state index in [4.69, 9.17) is 5.73 Å². The molecular formula is C12H19N3O2S. The summed E-state index contributed by atoms with van der Waals surface area (Å²) in [5.41, 5.74) is 5.84. The van der Waals surface area contributed by atoms with Crippen LogP contribution in [0.15, 0.2) is 5.38 Å². The standard InChI is InChI=1S/C12H19N3O2S/c1-8(5-6-13)3-4-11(17)15-12-14-10(7-18-12)9(2)16/h7-8H,3-6,13H2,1-2H3,(H,14,15,17). The number of carbonyl (C=O) groups excluding carboxylic acids is 2. The average Bonchev–Trinajstić information content (AvgIpc) is 2.75. The van der Waals surface area contributed by atoms with Gasteiger partial charge in [-0.3, -0.25) is 9.59 Å². The lowest BCUT2D eigenvalue weighted by atomic mass is 10.0. The second-order valence-corrected chi connectivity index (χ2v) is 5.22. The molecule has 0 aromatic carbocycles. The minimum atomic E-state index is -0.0942. The molecule has 0 radical (unpaired) electrons. The number of thiazole rings is 1. The molecule has 0 saturated heterocycles. The van der Waals surface area contributed by atoms with Crippen LogP contribution >= 0.6 is 11.3 Å². The van der Waals surface area contributed by atoms with E-state index in [1.165, 1.54) is 18.3 Å². The first-order valence-electron chi connectivity index (χ1n) is 5.99. The lowest BCUT2D eigenvalue weighted by molar-refractivity contribution is -0.116. The third kappa shape index (κ3) is 4.93. The number of nitrogens with one attached hydrogen (secondary N) is 1. The molecule has 1 aromatic heterocycles. The average molecular weight is 269 g/mol. The molecule has 1 aromatic rings. The number of amides is 1. The second-order valence-electron chi connectivity index (χ2n) is 4.36. The fraction of sp³-hybridized carbons (Fsp3) is 0.583. The van der Waals surface area contributed by atoms with Crippen molar-refractivity contribution in [3.05, 3.63) is 11.1 Å². The molecule has 0 aliphatic rings. The zero-order chi connectivity index (χ0) is 13.5. The van der Waals surface area contributed by atoms with E-state index in [1.807, 2.05) is 0 Å². The Morgan fingerprint density at radius 3 is 2.78 bits per heavy atom. The smallest absolute Gasteiger partial charge is 0.226 e. The minimum absolute atomic E-state index is 0.0664. The zero-order valence-electron chi connectivity index (χ0n) is 10.7. The lowest BCUT2D eigenvalue weighted by Gasteiger charge is -2.08. The van der Waals surface area contributed by atoms with Gasteiger partial charge in [-0.25, -0.2) is 4.98 Å². The van der Waals surface area contributed by atoms with Crippen LogP contribution in [0.3, 0.4) is 0 Å². The molecule has 1 unspecified atom stereocenters. The number of hydrogen-bond acceptors (Lipinski definition) is 5. The molecule has 0 bridgehead atoms. The maximum absolute atomic E-state index is 11.6. The summed E-state index contributed by atoms with van der Waals surface area (Å²) in [5, 5.41) is 4.83. The molecular weight excluding hydrogens is 250 g/mol. The van der Waals surface area contributed by atoms with Gasteiger partial charge in [0, 0.05) is 18.7 Å². The van der Waals surface area contributed by atoms with Crippen molar-refractivity contribution in [3.63, 3.8) is 0 Å². The molecule has 1 amide bonds. The van der Waals surface area contributed by atoms with Crippen LogP contribution in [0, 0.1) is 5.92 Å². The van der Waals surface area contributed by atoms with Gasteiger partial charge in [-0.1, -0.05) is 6.92 Å². The normalized spacial score (nSPS) is 12.2. The van der Waals surface area contributed by atoms with Crippen molar-refractivity contribution < 1.29 is 9.59 Å². The van der Waals surface area contributed by atoms with Crippen molar-refractivity contribution in [2.24, 2.45) is 11.7 Å². The fourth-order valence-electron chi connectivity index (χ4n) is 1.48. The van der Waals surface area contributed by atoms with E-state index in [9.17, 15) is 9.59 Å². The van der Waals surface area contributed by atoms with Crippen LogP contribution < -0.4 is 11.1 Å². The van der Waals surface area contributed by atoms with Crippen molar-refractivity contribution in [2.75, 3.05) is 11.9 Å². The monoisotopic (exact) mass is 269 g/mol. The van der Waals surface area contributed by atoms with Crippen LogP contribution in [-0.2, 0) is 4.79 Å². The molecule has 0 aliphatic carbocycles. The Morgan fingerprint density at radius 1 is 1.50 bits per heavy atom. The molecule has 0 aliphatic heterocycles. The number of nitrogens with zero attached hydrogens (tertiary/aromatic N) is 1. The summed E-state index contributed by atoms with van der Waals surface area (Å²) in [4.78, 5) is 26.7. The van der Waals surface area contributed by atoms with Gasteiger partial charge < -0.3 is 11.1 Å². The van der Waals surface area contributed by atoms with Gasteiger partial charge in [-0.15, -0.1) is 11.3 Å². The third-order valence-corrected chi connectivity index (χ3v) is 3.39. The number of carbonyl (C=O) groups is 2. The maximum atomic E-state index is 11.6. The topological polar surface area (TPSA) is 85.1 Å². The number of nitrogens with two attached hydrogens (primary N) is 1. The first-order valence-corrected chi connectivity index (χ1v) is 6.87. The third-order valence-electron chi connectivity index (χ3n) is 2.63. The quantitative estimate of drug-likeness (QED) is 0.742. The first kappa shape index (κ1) is 14.8. The Kier molecular flexibility index (Phi) is 5.94. The number of aromatic nitrogens is 1. The van der Waals surface area contributed by atoms with Crippen molar-refractivity contribution in [2.45, 2.75) is 33.1 Å². The molecule has 6 heteroatoms. The molecule has 0 fully saturated rings. The largest absolute Gasteiger partial charge is 0.330 e. The second kappa shape index (κ2) is 7.23. The van der Waals surface area contributed by atoms with Gasteiger partial charge in [0.1, 0.15) is 5.69 Å². The van der Waals surface area contributed by atoms with Gasteiger partial charge >= 0.3 is 0 Å². The summed E-state index contributed by atoms with van der Waals surface area (Å²) >= 11 is 1.27. The summed E-state index contributed by atoms with van der Waals surface area (Å²) in [5.74, 6) is 0.288. The van der Waals surface area contributed by atoms with Crippen LogP contribution in [0.4, 0.5) is 5.13 Å². The predicted molar refractivity (Wildman–Crippen MR) is 72.8 cm³/mol. The lowest BCUT2D eigenvalue weighted by Crippen LogP contribution is -2.14. The van der Waals surface area contributed by atoms with Crippen LogP contribution in [-0.4, -0.2) is 23.2 Å². The SMILES string of the molecule is CC(=O)c1csc(NC(=O)CCC(C)CCN)n1. The summed E-state index contributed by atoms with van der Waals surface area (Å²) in [6, 6.07) is 0. The Morgan fingerprint density at radius 2 is 2.22 bits per heavy atom. The summed E-state index contributed by atoms with van der Waals surface area (Å²) in [7, 11) is 0. The fourth-order valence-corrected chi connectivity index (χ4v) is 2.25. The summed E-state index contributed by atoms with van der Waals surface area (Å²) < 4.78 is 0. The van der Waals surface area contributed by atoms with Gasteiger partial charge in [0.05, 0.1) is 0 Å². The predicted octanol–water partition coefficient (Wildman–Crippen LogP) is 2.05. The molecule has 1 heterocycles. The molecule has 0 saturated carbocycles. The maximum Gasteiger partial charge on any atom is 0.226 e. The number of hydrogen-bond donors (Lipinski definition) is 2. The Balaban J connectivity index is 2.37. The molecule has 0 spiro atoms. The Labute approximate surface area is 111 Å². The van der Waals surface area contributed by atoms with Gasteiger partial charge in [0.15, 0.2) is 10.9 Å². The van der Waals surface area contributed by atoms with Crippen LogP contribution in [0.25, 0.3) is 0 Å². The molecule has 5 nitrogen and oxygen atoms in total. The molecule has 18 heavy (non-hydrogen) atoms. The van der Waals surface area contributed by atoms with Crippen LogP contribution in [0.5, 0.6) is 0 Å². The van der Waals surface area contributed by atoms with Gasteiger partial charge in [0.25, 0.3) is 0 Å². The highest BCUT2D eigenvalue weighted by Gasteiger charge is 2.10. The van der Waals surface area contributed by atoms with E-state index >= 15 is 0 Å². The van der Waals surface area contributed by atoms with Crippen molar-refractivity contribution in [1.29, 1.82) is 0 Å². The highest BCUT2D eigenvalue weighted by atomic mass is 32.1. The van der Waals surface area contributed by atoms with E-state index in [0.717, 1.165) is 12.8 Å². The summed E-state index contributed by atoms with van der Waals surface area (Å²) in [6.07, 6.45) is 2.20. The first-order chi connectivity index (χ1) is 8.52. The summed E-state index contributed by atoms with van der Waals surface area (Å²) in [6.45, 7) is 4.18. The number of ketones is 1. The van der Waals surface area contributed by atoms with Crippen molar-refractivity contribution >= 4 is 28.2 Å². The highest BCUT2D eigenvalue weighted by molar-refractivity contribution is 7.14. The number of anilines is 1. The van der Waals surface area contributed by atoms with Crippen LogP contribution in [0.1, 0.15) is 43.6 Å². The Bertz CT molecular complexity index is 417. The van der Waals surface area contributed by atoms with E-state index < -0.39 is 0 Å². The Hall–Kier alpha value is -1.27. The van der Waals surface area contributed by atoms with Gasteiger partial charge in [-0.2, -0.15) is 0 Å². The van der Waals surface area contributed by atoms with Crippen molar-refractivity contribution in [1.82, 2.24) is 4.98 Å². The molecule has 100 valence electrons. The van der Waals surface area contributed by atoms with Crippen LogP contribution in [0.2, 0.25) is 0 Å². The molecule has 1 atom stereocenters. The molecule has 1 rings (SSSR count). The van der Waals surface area contributed by atoms with E-state index in [2.05, 4.69) is 17.2 Å². The van der Waals surface area contributed by atoms with E-state index in [0.29, 0.717) is 29.7 Å². The highest BCUT2D eigenvalue weighted by Crippen LogP contribution is 2.17. The molecule has 3 N–H and O–H groups in total. The van der Waals surface area contributed by atoms with Crippen molar-refractivity contribution in [3.8, 4) is 0 Å². The minimum Gasteiger partial charge on any atom is -0.330 e. The number of rotatable bonds is 7. The van der Waals surface area contributed by atoms with E-state index in [1.54, 1.807) is 5.38 Å². The number of Topliss-reactive ketones (excluding diaryl/α,β-unsaturated/α-hetero) is 1. The van der Waals surface area contributed by atoms with E-state index in [-0.39, 0.29) is 11.7 Å².